The minimum Gasteiger partial charge on any atom is -0.481 e. The molecular formula is C19H27N5O9. The predicted molar refractivity (Wildman–Crippen MR) is 110 cm³/mol. The summed E-state index contributed by atoms with van der Waals surface area (Å²) in [4.78, 5) is 77.8. The van der Waals surface area contributed by atoms with Crippen molar-refractivity contribution in [3.05, 3.63) is 10.4 Å². The van der Waals surface area contributed by atoms with Crippen molar-refractivity contribution in [2.75, 3.05) is 6.54 Å². The number of hydrogen-bond acceptors (Lipinski definition) is 7. The number of hydrogen-bond donors (Lipinski definition) is 3. The fourth-order valence-electron chi connectivity index (χ4n) is 3.80. The first-order chi connectivity index (χ1) is 15.5. The average Bonchev–Trinajstić information content (AvgIpc) is 2.74. The Morgan fingerprint density at radius 2 is 1.42 bits per heavy atom. The molecule has 2 atom stereocenters. The van der Waals surface area contributed by atoms with E-state index in [1.54, 1.807) is 0 Å². The van der Waals surface area contributed by atoms with E-state index in [4.69, 9.17) is 10.6 Å². The van der Waals surface area contributed by atoms with Gasteiger partial charge in [-0.25, -0.2) is 24.2 Å². The third-order valence-corrected chi connectivity index (χ3v) is 5.75. The first-order valence-corrected chi connectivity index (χ1v) is 10.4. The monoisotopic (exact) mass is 469 g/mol. The smallest absolute Gasteiger partial charge is 0.335 e. The van der Waals surface area contributed by atoms with E-state index in [2.05, 4.69) is 10.0 Å². The molecule has 1 unspecified atom stereocenters. The van der Waals surface area contributed by atoms with E-state index < -0.39 is 66.1 Å². The number of barbiturate groups is 1. The van der Waals surface area contributed by atoms with Gasteiger partial charge in [-0.15, -0.1) is 0 Å². The molecule has 1 aliphatic rings. The SMILES string of the molecule is CCC1(CC)C(=O)N(C(CCCCN=[N+]=[N-])C(=O)O)C(=O)N([C@@H](CCC(=O)O)C(=O)O)C1=O. The van der Waals surface area contributed by atoms with Crippen molar-refractivity contribution in [3.63, 3.8) is 0 Å². The van der Waals surface area contributed by atoms with E-state index in [0.717, 1.165) is 0 Å². The maximum Gasteiger partial charge on any atom is 0.335 e. The second-order valence-corrected chi connectivity index (χ2v) is 7.51. The van der Waals surface area contributed by atoms with Crippen molar-refractivity contribution in [1.82, 2.24) is 9.80 Å². The number of urea groups is 1. The molecular weight excluding hydrogens is 442 g/mol. The van der Waals surface area contributed by atoms with Gasteiger partial charge in [0.05, 0.1) is 0 Å². The summed E-state index contributed by atoms with van der Waals surface area (Å²) in [6.45, 7) is 3.03. The molecule has 0 spiro atoms. The molecule has 182 valence electrons. The van der Waals surface area contributed by atoms with Gasteiger partial charge in [0.25, 0.3) is 0 Å². The zero-order valence-electron chi connectivity index (χ0n) is 18.3. The molecule has 1 saturated heterocycles. The molecule has 1 aliphatic heterocycles. The van der Waals surface area contributed by atoms with Crippen molar-refractivity contribution in [2.24, 2.45) is 10.5 Å². The number of nitrogens with zero attached hydrogens (tertiary/aromatic N) is 5. The predicted octanol–water partition coefficient (Wildman–Crippen LogP) is 1.84. The molecule has 3 N–H and O–H groups in total. The Kier molecular flexibility index (Phi) is 9.79. The van der Waals surface area contributed by atoms with Crippen LogP contribution in [0.3, 0.4) is 0 Å². The molecule has 4 amide bonds. The number of carbonyl (C=O) groups excluding carboxylic acids is 3. The Morgan fingerprint density at radius 1 is 0.939 bits per heavy atom. The highest BCUT2D eigenvalue weighted by Crippen LogP contribution is 2.39. The zero-order valence-corrected chi connectivity index (χ0v) is 18.3. The summed E-state index contributed by atoms with van der Waals surface area (Å²) in [5.41, 5.74) is 6.45. The summed E-state index contributed by atoms with van der Waals surface area (Å²) >= 11 is 0. The summed E-state index contributed by atoms with van der Waals surface area (Å²) in [5, 5.41) is 31.6. The van der Waals surface area contributed by atoms with Gasteiger partial charge in [0.1, 0.15) is 17.5 Å². The molecule has 0 radical (unpaired) electrons. The standard InChI is InChI=1S/C19H27N5O9/c1-3-19(4-2)16(31)23(11(14(27)28)7-5-6-10-21-22-20)18(33)24(17(19)32)12(15(29)30)8-9-13(25)26/h11-12H,3-10H2,1-2H3,(H,25,26)(H,27,28)(H,29,30)/t11?,12-/m0/s1. The lowest BCUT2D eigenvalue weighted by Crippen LogP contribution is -2.70. The van der Waals surface area contributed by atoms with E-state index in [-0.39, 0.29) is 38.6 Å². The number of carbonyl (C=O) groups is 6. The van der Waals surface area contributed by atoms with Gasteiger partial charge in [0.2, 0.25) is 11.8 Å². The lowest BCUT2D eigenvalue weighted by Gasteiger charge is -2.46. The quantitative estimate of drug-likeness (QED) is 0.111. The van der Waals surface area contributed by atoms with Crippen LogP contribution in [-0.2, 0) is 24.0 Å². The molecule has 14 heteroatoms. The minimum atomic E-state index is -1.89. The molecule has 0 saturated carbocycles. The van der Waals surface area contributed by atoms with Crippen LogP contribution < -0.4 is 0 Å². The third-order valence-electron chi connectivity index (χ3n) is 5.75. The maximum atomic E-state index is 13.3. The Labute approximate surface area is 188 Å². The Bertz CT molecular complexity index is 864. The lowest BCUT2D eigenvalue weighted by molar-refractivity contribution is -0.170. The van der Waals surface area contributed by atoms with Gasteiger partial charge >= 0.3 is 23.9 Å². The molecule has 33 heavy (non-hydrogen) atoms. The molecule has 14 nitrogen and oxygen atoms in total. The zero-order chi connectivity index (χ0) is 25.3. The fraction of sp³-hybridized carbons (Fsp3) is 0.684. The summed E-state index contributed by atoms with van der Waals surface area (Å²) in [6, 6.07) is -5.01. The molecule has 0 aliphatic carbocycles. The Hall–Kier alpha value is -3.67. The molecule has 1 rings (SSSR count). The van der Waals surface area contributed by atoms with E-state index in [1.165, 1.54) is 13.8 Å². The number of imide groups is 2. The lowest BCUT2D eigenvalue weighted by atomic mass is 9.77. The highest BCUT2D eigenvalue weighted by molar-refractivity contribution is 6.21. The van der Waals surface area contributed by atoms with E-state index in [0.29, 0.717) is 9.80 Å². The van der Waals surface area contributed by atoms with Crippen LogP contribution >= 0.6 is 0 Å². The molecule has 0 bridgehead atoms. The highest BCUT2D eigenvalue weighted by atomic mass is 16.4. The van der Waals surface area contributed by atoms with Crippen molar-refractivity contribution < 1.29 is 44.1 Å². The Balaban J connectivity index is 3.49. The first kappa shape index (κ1) is 27.4. The third kappa shape index (κ3) is 5.77. The van der Waals surface area contributed by atoms with Crippen LogP contribution in [0.5, 0.6) is 0 Å². The van der Waals surface area contributed by atoms with E-state index in [1.807, 2.05) is 0 Å². The largest absolute Gasteiger partial charge is 0.481 e. The van der Waals surface area contributed by atoms with Crippen LogP contribution in [-0.4, -0.2) is 79.5 Å². The van der Waals surface area contributed by atoms with E-state index >= 15 is 0 Å². The van der Waals surface area contributed by atoms with Crippen molar-refractivity contribution in [1.29, 1.82) is 0 Å². The van der Waals surface area contributed by atoms with Crippen LogP contribution in [0.15, 0.2) is 5.11 Å². The topological polar surface area (TPSA) is 218 Å². The van der Waals surface area contributed by atoms with Crippen LogP contribution in [0.25, 0.3) is 10.4 Å². The van der Waals surface area contributed by atoms with Crippen molar-refractivity contribution >= 4 is 35.8 Å². The summed E-state index contributed by atoms with van der Waals surface area (Å²) < 4.78 is 0. The number of carboxylic acid groups (broad SMARTS) is 3. The first-order valence-electron chi connectivity index (χ1n) is 10.4. The summed E-state index contributed by atoms with van der Waals surface area (Å²) in [6.07, 6.45) is -1.33. The highest BCUT2D eigenvalue weighted by Gasteiger charge is 2.59. The van der Waals surface area contributed by atoms with Gasteiger partial charge in [-0.05, 0) is 37.6 Å². The van der Waals surface area contributed by atoms with Gasteiger partial charge in [-0.1, -0.05) is 25.4 Å². The second-order valence-electron chi connectivity index (χ2n) is 7.51. The maximum absolute atomic E-state index is 13.3. The van der Waals surface area contributed by atoms with Gasteiger partial charge in [-0.2, -0.15) is 0 Å². The van der Waals surface area contributed by atoms with Crippen LogP contribution in [0.4, 0.5) is 4.79 Å². The molecule has 0 aromatic rings. The summed E-state index contributed by atoms with van der Waals surface area (Å²) in [7, 11) is 0. The van der Waals surface area contributed by atoms with Crippen LogP contribution in [0, 0.1) is 5.41 Å². The molecule has 0 aromatic heterocycles. The normalized spacial score (nSPS) is 17.3. The van der Waals surface area contributed by atoms with Gasteiger partial charge in [-0.3, -0.25) is 14.4 Å². The number of unbranched alkanes of at least 4 members (excludes halogenated alkanes) is 1. The number of rotatable bonds is 14. The van der Waals surface area contributed by atoms with Crippen LogP contribution in [0.2, 0.25) is 0 Å². The summed E-state index contributed by atoms with van der Waals surface area (Å²) in [5.74, 6) is -6.68. The van der Waals surface area contributed by atoms with Crippen molar-refractivity contribution in [2.45, 2.75) is 70.9 Å². The number of carboxylic acids is 3. The number of aliphatic carboxylic acids is 3. The minimum absolute atomic E-state index is 0.0689. The number of amides is 4. The van der Waals surface area contributed by atoms with Crippen LogP contribution in [0.1, 0.15) is 58.8 Å². The molecule has 0 aromatic carbocycles. The molecule has 1 heterocycles. The Morgan fingerprint density at radius 3 is 1.82 bits per heavy atom. The van der Waals surface area contributed by atoms with Gasteiger partial charge < -0.3 is 15.3 Å². The second kappa shape index (κ2) is 11.8. The van der Waals surface area contributed by atoms with Crippen molar-refractivity contribution in [3.8, 4) is 0 Å². The van der Waals surface area contributed by atoms with Gasteiger partial charge in [0.15, 0.2) is 0 Å². The fourth-order valence-corrected chi connectivity index (χ4v) is 3.80. The van der Waals surface area contributed by atoms with E-state index in [9.17, 15) is 39.0 Å². The number of azide groups is 1. The molecule has 1 fully saturated rings. The van der Waals surface area contributed by atoms with Gasteiger partial charge in [0, 0.05) is 17.9 Å². The average molecular weight is 469 g/mol.